The first-order valence-electron chi connectivity index (χ1n) is 5.81. The van der Waals surface area contributed by atoms with Crippen molar-refractivity contribution in [2.24, 2.45) is 5.92 Å². The normalized spacial score (nSPS) is 12.1. The lowest BCUT2D eigenvalue weighted by Gasteiger charge is -2.09. The van der Waals surface area contributed by atoms with Crippen molar-refractivity contribution in [2.75, 3.05) is 13.7 Å². The molecule has 0 aromatic carbocycles. The van der Waals surface area contributed by atoms with E-state index in [9.17, 15) is 14.9 Å². The smallest absolute Gasteiger partial charge is 0.315 e. The highest BCUT2D eigenvalue weighted by Gasteiger charge is 2.24. The van der Waals surface area contributed by atoms with Gasteiger partial charge < -0.3 is 4.74 Å². The van der Waals surface area contributed by atoms with Crippen molar-refractivity contribution >= 4 is 5.97 Å². The number of esters is 1. The van der Waals surface area contributed by atoms with Crippen molar-refractivity contribution in [1.82, 2.24) is 0 Å². The van der Waals surface area contributed by atoms with Crippen LogP contribution in [-0.4, -0.2) is 24.5 Å². The van der Waals surface area contributed by atoms with Crippen LogP contribution in [0.2, 0.25) is 0 Å². The standard InChI is InChI=1S/C11H21NO4/c1-3-4-5-6-7-8-10(9-12(14)15)11(13)16-2/h10H,3-9H2,1-2H3. The molecule has 0 aliphatic heterocycles. The number of hydrogen-bond donors (Lipinski definition) is 0. The Labute approximate surface area is 96.3 Å². The lowest BCUT2D eigenvalue weighted by molar-refractivity contribution is -0.486. The fourth-order valence-corrected chi connectivity index (χ4v) is 1.62. The second-order valence-corrected chi connectivity index (χ2v) is 3.94. The van der Waals surface area contributed by atoms with Crippen molar-refractivity contribution in [2.45, 2.75) is 45.4 Å². The zero-order valence-electron chi connectivity index (χ0n) is 10.1. The Morgan fingerprint density at radius 1 is 1.31 bits per heavy atom. The van der Waals surface area contributed by atoms with E-state index < -0.39 is 16.8 Å². The number of unbranched alkanes of at least 4 members (excludes halogenated alkanes) is 4. The Bertz CT molecular complexity index is 218. The molecule has 0 bridgehead atoms. The third kappa shape index (κ3) is 7.20. The van der Waals surface area contributed by atoms with Gasteiger partial charge in [-0.2, -0.15) is 0 Å². The average molecular weight is 231 g/mol. The van der Waals surface area contributed by atoms with Crippen LogP contribution in [0.15, 0.2) is 0 Å². The Hall–Kier alpha value is -1.13. The molecular weight excluding hydrogens is 210 g/mol. The molecule has 0 aromatic rings. The molecule has 1 atom stereocenters. The molecule has 0 saturated carbocycles. The average Bonchev–Trinajstić information content (AvgIpc) is 2.25. The summed E-state index contributed by atoms with van der Waals surface area (Å²) in [5.74, 6) is -1.05. The summed E-state index contributed by atoms with van der Waals surface area (Å²) in [6.07, 6.45) is 5.90. The van der Waals surface area contributed by atoms with E-state index in [-0.39, 0.29) is 6.54 Å². The molecule has 0 amide bonds. The molecule has 0 N–H and O–H groups in total. The van der Waals surface area contributed by atoms with Gasteiger partial charge in [0.15, 0.2) is 0 Å². The summed E-state index contributed by atoms with van der Waals surface area (Å²) >= 11 is 0. The van der Waals surface area contributed by atoms with Crippen molar-refractivity contribution in [3.05, 3.63) is 10.1 Å². The number of carbonyl (C=O) groups excluding carboxylic acids is 1. The molecule has 0 aliphatic rings. The fourth-order valence-electron chi connectivity index (χ4n) is 1.62. The largest absolute Gasteiger partial charge is 0.469 e. The Morgan fingerprint density at radius 2 is 1.94 bits per heavy atom. The van der Waals surface area contributed by atoms with E-state index in [0.29, 0.717) is 6.42 Å². The highest BCUT2D eigenvalue weighted by Crippen LogP contribution is 2.13. The summed E-state index contributed by atoms with van der Waals surface area (Å²) in [5.41, 5.74) is 0. The Morgan fingerprint density at radius 3 is 2.44 bits per heavy atom. The summed E-state index contributed by atoms with van der Waals surface area (Å²) in [6, 6.07) is 0. The van der Waals surface area contributed by atoms with E-state index in [1.54, 1.807) is 0 Å². The second-order valence-electron chi connectivity index (χ2n) is 3.94. The fraction of sp³-hybridized carbons (Fsp3) is 0.909. The van der Waals surface area contributed by atoms with Crippen LogP contribution in [-0.2, 0) is 9.53 Å². The maximum atomic E-state index is 11.2. The monoisotopic (exact) mass is 231 g/mol. The molecule has 0 fully saturated rings. The van der Waals surface area contributed by atoms with Crippen LogP contribution in [0.5, 0.6) is 0 Å². The number of nitro groups is 1. The van der Waals surface area contributed by atoms with E-state index in [4.69, 9.17) is 0 Å². The molecule has 0 rings (SSSR count). The number of hydrogen-bond acceptors (Lipinski definition) is 4. The van der Waals surface area contributed by atoms with Gasteiger partial charge in [-0.15, -0.1) is 0 Å². The molecule has 5 heteroatoms. The number of nitrogens with zero attached hydrogens (tertiary/aromatic N) is 1. The summed E-state index contributed by atoms with van der Waals surface area (Å²) in [7, 11) is 1.27. The Balaban J connectivity index is 3.83. The van der Waals surface area contributed by atoms with Crippen LogP contribution in [0, 0.1) is 16.0 Å². The molecule has 5 nitrogen and oxygen atoms in total. The number of rotatable bonds is 9. The zero-order valence-corrected chi connectivity index (χ0v) is 10.1. The molecule has 1 unspecified atom stereocenters. The molecule has 0 radical (unpaired) electrons. The van der Waals surface area contributed by atoms with E-state index in [0.717, 1.165) is 25.7 Å². The first-order valence-corrected chi connectivity index (χ1v) is 5.81. The highest BCUT2D eigenvalue weighted by molar-refractivity contribution is 5.72. The van der Waals surface area contributed by atoms with Crippen molar-refractivity contribution < 1.29 is 14.5 Å². The van der Waals surface area contributed by atoms with Crippen LogP contribution >= 0.6 is 0 Å². The van der Waals surface area contributed by atoms with E-state index in [1.165, 1.54) is 13.5 Å². The van der Waals surface area contributed by atoms with Crippen molar-refractivity contribution in [1.29, 1.82) is 0 Å². The number of ether oxygens (including phenoxy) is 1. The van der Waals surface area contributed by atoms with Gasteiger partial charge >= 0.3 is 5.97 Å². The third-order valence-corrected chi connectivity index (χ3v) is 2.56. The van der Waals surface area contributed by atoms with Gasteiger partial charge in [-0.05, 0) is 6.42 Å². The lowest BCUT2D eigenvalue weighted by atomic mass is 10.0. The summed E-state index contributed by atoms with van der Waals surface area (Å²) in [4.78, 5) is 21.2. The Kier molecular flexibility index (Phi) is 8.48. The molecule has 94 valence electrons. The minimum atomic E-state index is -0.582. The third-order valence-electron chi connectivity index (χ3n) is 2.56. The zero-order chi connectivity index (χ0) is 12.4. The number of methoxy groups -OCH3 is 1. The maximum absolute atomic E-state index is 11.2. The van der Waals surface area contributed by atoms with Crippen LogP contribution in [0.1, 0.15) is 45.4 Å². The summed E-state index contributed by atoms with van der Waals surface area (Å²) in [5, 5.41) is 10.4. The minimum absolute atomic E-state index is 0.319. The van der Waals surface area contributed by atoms with E-state index in [1.807, 2.05) is 0 Å². The highest BCUT2D eigenvalue weighted by atomic mass is 16.6. The lowest BCUT2D eigenvalue weighted by Crippen LogP contribution is -2.24. The SMILES string of the molecule is CCCCCCCC(C[N+](=O)[O-])C(=O)OC. The number of carbonyl (C=O) groups is 1. The molecule has 0 spiro atoms. The van der Waals surface area contributed by atoms with Crippen LogP contribution < -0.4 is 0 Å². The molecular formula is C11H21NO4. The molecule has 0 heterocycles. The molecule has 16 heavy (non-hydrogen) atoms. The predicted molar refractivity (Wildman–Crippen MR) is 60.7 cm³/mol. The molecule has 0 saturated heterocycles. The van der Waals surface area contributed by atoms with Gasteiger partial charge in [-0.1, -0.05) is 39.0 Å². The van der Waals surface area contributed by atoms with Crippen molar-refractivity contribution in [3.63, 3.8) is 0 Å². The second kappa shape index (κ2) is 9.12. The van der Waals surface area contributed by atoms with Gasteiger partial charge in [0.2, 0.25) is 6.54 Å². The van der Waals surface area contributed by atoms with Crippen LogP contribution in [0.3, 0.4) is 0 Å². The topological polar surface area (TPSA) is 69.4 Å². The first-order chi connectivity index (χ1) is 7.61. The van der Waals surface area contributed by atoms with E-state index >= 15 is 0 Å². The van der Waals surface area contributed by atoms with Gasteiger partial charge in [0.05, 0.1) is 7.11 Å². The van der Waals surface area contributed by atoms with Gasteiger partial charge in [0.25, 0.3) is 0 Å². The molecule has 0 aromatic heterocycles. The van der Waals surface area contributed by atoms with Crippen LogP contribution in [0.25, 0.3) is 0 Å². The van der Waals surface area contributed by atoms with Crippen molar-refractivity contribution in [3.8, 4) is 0 Å². The van der Waals surface area contributed by atoms with E-state index in [2.05, 4.69) is 11.7 Å². The first kappa shape index (κ1) is 14.9. The quantitative estimate of drug-likeness (QED) is 0.264. The summed E-state index contributed by atoms with van der Waals surface area (Å²) < 4.78 is 4.55. The molecule has 0 aliphatic carbocycles. The summed E-state index contributed by atoms with van der Waals surface area (Å²) in [6.45, 7) is 1.81. The minimum Gasteiger partial charge on any atom is -0.469 e. The predicted octanol–water partition coefficient (Wildman–Crippen LogP) is 2.41. The van der Waals surface area contributed by atoms with Gasteiger partial charge in [-0.25, -0.2) is 0 Å². The van der Waals surface area contributed by atoms with Gasteiger partial charge in [0.1, 0.15) is 5.92 Å². The maximum Gasteiger partial charge on any atom is 0.315 e. The van der Waals surface area contributed by atoms with Gasteiger partial charge in [0, 0.05) is 4.92 Å². The van der Waals surface area contributed by atoms with Gasteiger partial charge in [-0.3, -0.25) is 14.9 Å². The van der Waals surface area contributed by atoms with Crippen LogP contribution in [0.4, 0.5) is 0 Å².